The first-order valence-corrected chi connectivity index (χ1v) is 22.1. The Labute approximate surface area is 290 Å². The molecule has 7 saturated heterocycles. The van der Waals surface area contributed by atoms with Crippen LogP contribution in [0, 0.1) is 0 Å². The minimum Gasteiger partial charge on any atom is -0.381 e. The molecule has 9 rings (SSSR count). The van der Waals surface area contributed by atoms with Crippen LogP contribution >= 0.6 is 23.5 Å². The smallest absolute Gasteiger partial charge is 0.0466 e. The van der Waals surface area contributed by atoms with Crippen molar-refractivity contribution in [2.75, 3.05) is 88.8 Å². The maximum Gasteiger partial charge on any atom is 0.0466 e. The predicted molar refractivity (Wildman–Crippen MR) is 204 cm³/mol. The number of nitrogens with one attached hydrogen (secondary N) is 2. The second-order valence-electron chi connectivity index (χ2n) is 13.0. The van der Waals surface area contributed by atoms with Crippen LogP contribution in [0.4, 0.5) is 0 Å². The van der Waals surface area contributed by atoms with Crippen LogP contribution in [-0.2, 0) is 14.2 Å². The van der Waals surface area contributed by atoms with Crippen molar-refractivity contribution in [1.29, 1.82) is 0 Å². The zero-order valence-electron chi connectivity index (χ0n) is 29.9. The Morgan fingerprint density at radius 2 is 0.467 bits per heavy atom. The number of hydrogen-bond donors (Lipinski definition) is 2. The molecule has 9 fully saturated rings. The zero-order valence-corrected chi connectivity index (χ0v) is 31.5. The lowest BCUT2D eigenvalue weighted by Gasteiger charge is -1.76. The highest BCUT2D eigenvalue weighted by Gasteiger charge is 1.98. The molecule has 2 N–H and O–H groups in total. The van der Waals surface area contributed by atoms with Crippen molar-refractivity contribution >= 4 is 23.5 Å². The average Bonchev–Trinajstić information content (AvgIpc) is 4.02. The van der Waals surface area contributed by atoms with E-state index in [4.69, 9.17) is 14.2 Å². The van der Waals surface area contributed by atoms with Crippen LogP contribution < -0.4 is 10.6 Å². The van der Waals surface area contributed by atoms with Gasteiger partial charge in [-0.15, -0.1) is 0 Å². The van der Waals surface area contributed by atoms with Gasteiger partial charge in [-0.3, -0.25) is 0 Å². The normalized spacial score (nSPS) is 24.0. The summed E-state index contributed by atoms with van der Waals surface area (Å²) >= 11 is 4.15. The van der Waals surface area contributed by atoms with Crippen molar-refractivity contribution in [2.45, 2.75) is 154 Å². The Balaban J connectivity index is 0.000000253. The van der Waals surface area contributed by atoms with Gasteiger partial charge < -0.3 is 24.8 Å². The average molecular weight is 675 g/mol. The van der Waals surface area contributed by atoms with Crippen molar-refractivity contribution in [2.24, 2.45) is 0 Å². The number of rotatable bonds is 0. The van der Waals surface area contributed by atoms with E-state index < -0.39 is 0 Å². The van der Waals surface area contributed by atoms with Gasteiger partial charge in [0.25, 0.3) is 0 Å². The second kappa shape index (κ2) is 40.7. The molecule has 0 aromatic rings. The van der Waals surface area contributed by atoms with Crippen molar-refractivity contribution in [3.8, 4) is 0 Å². The van der Waals surface area contributed by atoms with E-state index in [-0.39, 0.29) is 0 Å². The fourth-order valence-electron chi connectivity index (χ4n) is 5.57. The van der Waals surface area contributed by atoms with E-state index in [0.717, 1.165) is 39.6 Å². The number of thioether (sulfide) groups is 2. The first-order valence-electron chi connectivity index (χ1n) is 19.8. The van der Waals surface area contributed by atoms with E-state index in [1.807, 2.05) is 0 Å². The molecule has 2 saturated carbocycles. The Morgan fingerprint density at radius 3 is 0.556 bits per heavy atom. The van der Waals surface area contributed by atoms with Gasteiger partial charge in [0.15, 0.2) is 0 Å². The number of ether oxygens (including phenoxy) is 3. The Kier molecular flexibility index (Phi) is 39.3. The van der Waals surface area contributed by atoms with Gasteiger partial charge in [0, 0.05) is 39.6 Å². The van der Waals surface area contributed by atoms with E-state index in [1.165, 1.54) is 203 Å². The molecule has 0 unspecified atom stereocenters. The Morgan fingerprint density at radius 1 is 0.244 bits per heavy atom. The Hall–Kier alpha value is 0.500. The van der Waals surface area contributed by atoms with Crippen LogP contribution in [0.15, 0.2) is 0 Å². The monoisotopic (exact) mass is 675 g/mol. The minimum absolute atomic E-state index is 1.00. The first kappa shape index (κ1) is 43.5. The summed E-state index contributed by atoms with van der Waals surface area (Å²) in [6, 6.07) is 0. The highest BCUT2D eigenvalue weighted by atomic mass is 32.2. The lowest BCUT2D eigenvalue weighted by molar-refractivity contribution is 0.198. The lowest BCUT2D eigenvalue weighted by atomic mass is 10.4. The third-order valence-electron chi connectivity index (χ3n) is 8.55. The van der Waals surface area contributed by atoms with Gasteiger partial charge in [-0.1, -0.05) is 64.2 Å². The minimum atomic E-state index is 1.00. The predicted octanol–water partition coefficient (Wildman–Crippen LogP) is 10.1. The van der Waals surface area contributed by atoms with Crippen LogP contribution in [0.3, 0.4) is 0 Å². The first-order chi connectivity index (χ1) is 22.5. The van der Waals surface area contributed by atoms with Gasteiger partial charge in [0.05, 0.1) is 0 Å². The molecule has 270 valence electrons. The van der Waals surface area contributed by atoms with Gasteiger partial charge >= 0.3 is 0 Å². The van der Waals surface area contributed by atoms with E-state index >= 15 is 0 Å². The molecule has 7 heterocycles. The lowest BCUT2D eigenvalue weighted by Crippen LogP contribution is -2.03. The summed E-state index contributed by atoms with van der Waals surface area (Å²) in [6.45, 7) is 11.0. The molecule has 45 heavy (non-hydrogen) atoms. The molecule has 9 aliphatic rings. The van der Waals surface area contributed by atoms with Gasteiger partial charge in [-0.05, 0) is 139 Å². The fourth-order valence-corrected chi connectivity index (χ4v) is 7.61. The quantitative estimate of drug-likeness (QED) is 0.265. The molecule has 0 bridgehead atoms. The van der Waals surface area contributed by atoms with Crippen molar-refractivity contribution in [1.82, 2.24) is 10.6 Å². The highest BCUT2D eigenvalue weighted by molar-refractivity contribution is 7.99. The van der Waals surface area contributed by atoms with E-state index in [1.54, 1.807) is 0 Å². The van der Waals surface area contributed by atoms with E-state index in [0.29, 0.717) is 0 Å². The molecule has 2 aliphatic carbocycles. The molecule has 0 aromatic heterocycles. The maximum absolute atomic E-state index is 4.94. The molecular formula is C38H78N2O3S2. The molecular weight excluding hydrogens is 597 g/mol. The third kappa shape index (κ3) is 38.8. The fraction of sp³-hybridized carbons (Fsp3) is 1.00. The summed E-state index contributed by atoms with van der Waals surface area (Å²) in [7, 11) is 0. The third-order valence-corrected chi connectivity index (χ3v) is 10.9. The van der Waals surface area contributed by atoms with Crippen LogP contribution in [0.1, 0.15) is 154 Å². The van der Waals surface area contributed by atoms with Gasteiger partial charge in [-0.25, -0.2) is 0 Å². The van der Waals surface area contributed by atoms with Crippen LogP contribution in [-0.4, -0.2) is 88.8 Å². The van der Waals surface area contributed by atoms with E-state index in [9.17, 15) is 0 Å². The summed E-state index contributed by atoms with van der Waals surface area (Å²) in [6.07, 6.45) is 34.1. The largest absolute Gasteiger partial charge is 0.381 e. The summed E-state index contributed by atoms with van der Waals surface area (Å²) in [5.74, 6) is 5.67. The molecule has 0 aromatic carbocycles. The molecule has 7 heteroatoms. The van der Waals surface area contributed by atoms with Crippen LogP contribution in [0.25, 0.3) is 0 Å². The van der Waals surface area contributed by atoms with Crippen molar-refractivity contribution in [3.05, 3.63) is 0 Å². The van der Waals surface area contributed by atoms with Crippen LogP contribution in [0.2, 0.25) is 0 Å². The Bertz CT molecular complexity index is 286. The maximum atomic E-state index is 4.94. The summed E-state index contributed by atoms with van der Waals surface area (Å²) in [4.78, 5) is 0. The van der Waals surface area contributed by atoms with Crippen molar-refractivity contribution in [3.63, 3.8) is 0 Å². The summed E-state index contributed by atoms with van der Waals surface area (Å²) in [5, 5.41) is 6.44. The molecule has 7 aliphatic heterocycles. The zero-order chi connectivity index (χ0) is 31.8. The highest BCUT2D eigenvalue weighted by Crippen LogP contribution is 2.16. The standard InChI is InChI=1S/2C5H10.2C4H9N.3C4H8O.2C4H8S/c9*1-2-4-5-3-1/h2*1-5H2;2*5H,1-4H2;5*1-4H2. The van der Waals surface area contributed by atoms with Gasteiger partial charge in [0.1, 0.15) is 0 Å². The van der Waals surface area contributed by atoms with Gasteiger partial charge in [0.2, 0.25) is 0 Å². The molecule has 0 amide bonds. The summed E-state index contributed by atoms with van der Waals surface area (Å²) < 4.78 is 14.8. The topological polar surface area (TPSA) is 51.8 Å². The molecule has 0 radical (unpaired) electrons. The van der Waals surface area contributed by atoms with E-state index in [2.05, 4.69) is 34.2 Å². The number of hydrogen-bond acceptors (Lipinski definition) is 7. The molecule has 5 nitrogen and oxygen atoms in total. The van der Waals surface area contributed by atoms with Crippen molar-refractivity contribution < 1.29 is 14.2 Å². The van der Waals surface area contributed by atoms with Crippen LogP contribution in [0.5, 0.6) is 0 Å². The molecule has 0 spiro atoms. The second-order valence-corrected chi connectivity index (χ2v) is 15.5. The molecule has 0 atom stereocenters. The summed E-state index contributed by atoms with van der Waals surface area (Å²) in [5.41, 5.74) is 0. The van der Waals surface area contributed by atoms with Gasteiger partial charge in [-0.2, -0.15) is 23.5 Å². The SMILES string of the molecule is C1CCCC1.C1CCCC1.C1CCNC1.C1CCNC1.C1CCOC1.C1CCOC1.C1CCOC1.C1CCSC1.C1CCSC1.